The number of carbonyl (C=O) groups is 2. The van der Waals surface area contributed by atoms with Gasteiger partial charge in [0.05, 0.1) is 19.5 Å². The molecule has 1 fully saturated rings. The third kappa shape index (κ3) is 6.74. The Morgan fingerprint density at radius 2 is 1.87 bits per heavy atom. The van der Waals surface area contributed by atoms with Crippen LogP contribution >= 0.6 is 0 Å². The summed E-state index contributed by atoms with van der Waals surface area (Å²) in [6.07, 6.45) is 3.72. The first-order valence-electron chi connectivity index (χ1n) is 12.4. The lowest BCUT2D eigenvalue weighted by Gasteiger charge is -2.22. The monoisotopic (exact) mass is 450 g/mol. The Morgan fingerprint density at radius 1 is 1.13 bits per heavy atom. The SMILES string of the molecule is [2H]c1nc(C([2H])([2H])[2H])c([2H])nc1C(=O)NCCc1ccc(S(=O)(=O)NC(=O)NC2CCCCC2)cc1. The van der Waals surface area contributed by atoms with Gasteiger partial charge < -0.3 is 10.6 Å². The summed E-state index contributed by atoms with van der Waals surface area (Å²) in [5.41, 5.74) is -0.427. The topological polar surface area (TPSA) is 130 Å². The molecule has 1 aromatic heterocycles. The van der Waals surface area contributed by atoms with E-state index in [0.717, 1.165) is 32.1 Å². The van der Waals surface area contributed by atoms with Crippen LogP contribution < -0.4 is 15.4 Å². The summed E-state index contributed by atoms with van der Waals surface area (Å²) < 4.78 is 64.3. The van der Waals surface area contributed by atoms with Gasteiger partial charge in [0.2, 0.25) is 0 Å². The highest BCUT2D eigenvalue weighted by Crippen LogP contribution is 2.17. The van der Waals surface area contributed by atoms with Crippen LogP contribution in [0.1, 0.15) is 60.7 Å². The van der Waals surface area contributed by atoms with Gasteiger partial charge in [0.25, 0.3) is 15.9 Å². The van der Waals surface area contributed by atoms with E-state index in [2.05, 4.69) is 20.6 Å². The molecule has 1 heterocycles. The lowest BCUT2D eigenvalue weighted by atomic mass is 9.96. The highest BCUT2D eigenvalue weighted by molar-refractivity contribution is 7.90. The van der Waals surface area contributed by atoms with E-state index in [0.29, 0.717) is 12.0 Å². The minimum absolute atomic E-state index is 0.0316. The first kappa shape index (κ1) is 16.7. The summed E-state index contributed by atoms with van der Waals surface area (Å²) in [4.78, 5) is 31.5. The lowest BCUT2D eigenvalue weighted by Crippen LogP contribution is -2.45. The van der Waals surface area contributed by atoms with Gasteiger partial charge in [-0.25, -0.2) is 22.9 Å². The maximum Gasteiger partial charge on any atom is 0.328 e. The predicted molar refractivity (Wildman–Crippen MR) is 115 cm³/mol. The number of sulfonamides is 1. The first-order valence-corrected chi connectivity index (χ1v) is 11.4. The van der Waals surface area contributed by atoms with Gasteiger partial charge in [0, 0.05) is 22.9 Å². The second-order valence-corrected chi connectivity index (χ2v) is 8.89. The van der Waals surface area contributed by atoms with Crippen molar-refractivity contribution < 1.29 is 24.9 Å². The third-order valence-electron chi connectivity index (χ3n) is 4.86. The molecular formula is C21H27N5O4S. The van der Waals surface area contributed by atoms with Gasteiger partial charge in [-0.2, -0.15) is 0 Å². The number of hydrogen-bond acceptors (Lipinski definition) is 6. The molecule has 0 saturated heterocycles. The number of amides is 3. The van der Waals surface area contributed by atoms with E-state index >= 15 is 0 Å². The van der Waals surface area contributed by atoms with Crippen LogP contribution in [0.4, 0.5) is 4.79 Å². The number of nitrogens with zero attached hydrogens (tertiary/aromatic N) is 2. The minimum Gasteiger partial charge on any atom is -0.350 e. The number of aromatic nitrogens is 2. The van der Waals surface area contributed by atoms with Crippen LogP contribution in [0.25, 0.3) is 0 Å². The Kier molecular flexibility index (Phi) is 5.55. The number of carbonyl (C=O) groups excluding carboxylic acids is 2. The van der Waals surface area contributed by atoms with Gasteiger partial charge in [-0.1, -0.05) is 31.4 Å². The van der Waals surface area contributed by atoms with E-state index in [1.54, 1.807) is 12.1 Å². The molecule has 0 aliphatic heterocycles. The molecule has 3 rings (SSSR count). The first-order chi connectivity index (χ1) is 16.9. The van der Waals surface area contributed by atoms with Crippen LogP contribution in [-0.4, -0.2) is 42.9 Å². The summed E-state index contributed by atoms with van der Waals surface area (Å²) in [5.74, 6) is -0.787. The van der Waals surface area contributed by atoms with Crippen LogP contribution in [0.5, 0.6) is 0 Å². The molecule has 0 atom stereocenters. The molecule has 0 unspecified atom stereocenters. The van der Waals surface area contributed by atoms with Gasteiger partial charge in [-0.15, -0.1) is 0 Å². The standard InChI is InChI=1S/C21H27N5O4S/c1-15-13-24-19(14-23-15)20(27)22-12-11-16-7-9-18(10-8-16)31(29,30)26-21(28)25-17-5-3-2-4-6-17/h7-10,13-14,17H,2-6,11-12H2,1H3,(H,22,27)(H2,25,26,28)/i1D3,13D,14D. The fraction of sp³-hybridized carbons (Fsp3) is 0.429. The molecule has 1 aliphatic rings. The number of benzene rings is 1. The maximum absolute atomic E-state index is 12.5. The van der Waals surface area contributed by atoms with Crippen LogP contribution in [-0.2, 0) is 16.4 Å². The number of nitrogens with one attached hydrogen (secondary N) is 3. The average Bonchev–Trinajstić information content (AvgIpc) is 2.80. The average molecular weight is 451 g/mol. The Hall–Kier alpha value is -3.01. The zero-order valence-corrected chi connectivity index (χ0v) is 17.6. The van der Waals surface area contributed by atoms with E-state index < -0.39 is 52.5 Å². The molecule has 166 valence electrons. The van der Waals surface area contributed by atoms with E-state index in [4.69, 9.17) is 6.85 Å². The number of rotatable bonds is 7. The van der Waals surface area contributed by atoms with Gasteiger partial charge in [-0.3, -0.25) is 9.78 Å². The summed E-state index contributed by atoms with van der Waals surface area (Å²) in [6.45, 7) is -2.62. The van der Waals surface area contributed by atoms with Crippen molar-refractivity contribution >= 4 is 22.0 Å². The van der Waals surface area contributed by atoms with Crippen LogP contribution in [0.3, 0.4) is 0 Å². The van der Waals surface area contributed by atoms with Crippen LogP contribution in [0, 0.1) is 6.85 Å². The molecule has 31 heavy (non-hydrogen) atoms. The van der Waals surface area contributed by atoms with Crippen molar-refractivity contribution in [2.45, 2.75) is 56.3 Å². The van der Waals surface area contributed by atoms with Gasteiger partial charge in [0.1, 0.15) is 5.69 Å². The van der Waals surface area contributed by atoms with E-state index in [1.807, 2.05) is 4.72 Å². The molecule has 0 bridgehead atoms. The fourth-order valence-corrected chi connectivity index (χ4v) is 4.17. The number of hydrogen-bond donors (Lipinski definition) is 3. The second-order valence-electron chi connectivity index (χ2n) is 7.21. The normalized spacial score (nSPS) is 17.4. The Labute approximate surface area is 189 Å². The van der Waals surface area contributed by atoms with Gasteiger partial charge in [-0.05, 0) is 43.8 Å². The highest BCUT2D eigenvalue weighted by Gasteiger charge is 2.21. The van der Waals surface area contributed by atoms with Crippen molar-refractivity contribution in [2.24, 2.45) is 0 Å². The Balaban J connectivity index is 1.53. The number of aryl methyl sites for hydroxylation is 1. The molecule has 1 aliphatic carbocycles. The smallest absolute Gasteiger partial charge is 0.328 e. The molecule has 9 nitrogen and oxygen atoms in total. The van der Waals surface area contributed by atoms with Gasteiger partial charge in [0.15, 0.2) is 0 Å². The largest absolute Gasteiger partial charge is 0.350 e. The molecule has 3 N–H and O–H groups in total. The van der Waals surface area contributed by atoms with Crippen LogP contribution in [0.15, 0.2) is 41.5 Å². The molecule has 0 radical (unpaired) electrons. The summed E-state index contributed by atoms with van der Waals surface area (Å²) >= 11 is 0. The Bertz CT molecular complexity index is 1220. The summed E-state index contributed by atoms with van der Waals surface area (Å²) in [7, 11) is -4.05. The fourth-order valence-electron chi connectivity index (χ4n) is 3.25. The molecule has 3 amide bonds. The lowest BCUT2D eigenvalue weighted by molar-refractivity contribution is 0.0948. The minimum atomic E-state index is -4.05. The van der Waals surface area contributed by atoms with Crippen molar-refractivity contribution in [3.05, 3.63) is 53.6 Å². The Morgan fingerprint density at radius 3 is 2.58 bits per heavy atom. The van der Waals surface area contributed by atoms with Crippen molar-refractivity contribution in [2.75, 3.05) is 6.54 Å². The molecular weight excluding hydrogens is 418 g/mol. The van der Waals surface area contributed by atoms with Gasteiger partial charge >= 0.3 is 6.03 Å². The van der Waals surface area contributed by atoms with Crippen molar-refractivity contribution in [3.63, 3.8) is 0 Å². The van der Waals surface area contributed by atoms with Crippen molar-refractivity contribution in [1.82, 2.24) is 25.3 Å². The summed E-state index contributed by atoms with van der Waals surface area (Å²) in [5, 5.41) is 5.21. The third-order valence-corrected chi connectivity index (χ3v) is 6.21. The van der Waals surface area contributed by atoms with Crippen LogP contribution in [0.2, 0.25) is 0 Å². The zero-order valence-electron chi connectivity index (χ0n) is 21.8. The molecule has 10 heteroatoms. The number of urea groups is 1. The van der Waals surface area contributed by atoms with E-state index in [9.17, 15) is 18.0 Å². The van der Waals surface area contributed by atoms with Crippen molar-refractivity contribution in [1.29, 1.82) is 0 Å². The quantitative estimate of drug-likeness (QED) is 0.592. The van der Waals surface area contributed by atoms with E-state index in [-0.39, 0.29) is 17.5 Å². The zero-order chi connectivity index (χ0) is 26.5. The summed E-state index contributed by atoms with van der Waals surface area (Å²) in [6, 6.07) is 5.00. The molecule has 1 saturated carbocycles. The van der Waals surface area contributed by atoms with Crippen molar-refractivity contribution in [3.8, 4) is 0 Å². The predicted octanol–water partition coefficient (Wildman–Crippen LogP) is 2.08. The molecule has 0 spiro atoms. The molecule has 2 aromatic rings. The molecule has 1 aromatic carbocycles. The maximum atomic E-state index is 12.5. The second kappa shape index (κ2) is 10.3. The highest BCUT2D eigenvalue weighted by atomic mass is 32.2. The van der Waals surface area contributed by atoms with E-state index in [1.165, 1.54) is 12.1 Å².